The third-order valence-electron chi connectivity index (χ3n) is 2.71. The van der Waals surface area contributed by atoms with Crippen molar-refractivity contribution in [1.29, 1.82) is 0 Å². The number of carbonyl (C=O) groups excluding carboxylic acids is 1. The van der Waals surface area contributed by atoms with E-state index < -0.39 is 6.04 Å². The zero-order valence-corrected chi connectivity index (χ0v) is 9.54. The van der Waals surface area contributed by atoms with Gasteiger partial charge in [0.25, 0.3) is 5.56 Å². The molecule has 1 unspecified atom stereocenters. The lowest BCUT2D eigenvalue weighted by molar-refractivity contribution is 0.0933. The van der Waals surface area contributed by atoms with Crippen molar-refractivity contribution >= 4 is 5.78 Å². The molecule has 1 heterocycles. The lowest BCUT2D eigenvalue weighted by Crippen LogP contribution is -2.26. The summed E-state index contributed by atoms with van der Waals surface area (Å²) in [6.45, 7) is 1.73. The highest BCUT2D eigenvalue weighted by Gasteiger charge is 2.16. The van der Waals surface area contributed by atoms with E-state index in [4.69, 9.17) is 0 Å². The molecule has 0 aliphatic heterocycles. The summed E-state index contributed by atoms with van der Waals surface area (Å²) in [5.41, 5.74) is 0.458. The highest BCUT2D eigenvalue weighted by Crippen LogP contribution is 2.11. The van der Waals surface area contributed by atoms with E-state index in [-0.39, 0.29) is 11.3 Å². The molecular formula is C14H13NO2. The summed E-state index contributed by atoms with van der Waals surface area (Å²) < 4.78 is 1.44. The number of nitrogens with zero attached hydrogens (tertiary/aromatic N) is 1. The summed E-state index contributed by atoms with van der Waals surface area (Å²) in [6, 6.07) is 13.4. The molecule has 2 rings (SSSR count). The highest BCUT2D eigenvalue weighted by atomic mass is 16.1. The molecule has 0 fully saturated rings. The van der Waals surface area contributed by atoms with Crippen LogP contribution in [-0.4, -0.2) is 10.4 Å². The van der Waals surface area contributed by atoms with Crippen molar-refractivity contribution in [3.8, 4) is 0 Å². The van der Waals surface area contributed by atoms with Gasteiger partial charge in [-0.05, 0) is 13.0 Å². The quantitative estimate of drug-likeness (QED) is 0.755. The first kappa shape index (κ1) is 11.3. The molecule has 1 atom stereocenters. The van der Waals surface area contributed by atoms with Crippen molar-refractivity contribution in [2.75, 3.05) is 0 Å². The zero-order chi connectivity index (χ0) is 12.3. The van der Waals surface area contributed by atoms with Crippen LogP contribution in [-0.2, 0) is 0 Å². The molecule has 0 bridgehead atoms. The molecule has 17 heavy (non-hydrogen) atoms. The number of Topliss-reactive ketones (excluding diaryl/α,β-unsaturated/α-hetero) is 1. The summed E-state index contributed by atoms with van der Waals surface area (Å²) in [5.74, 6) is -0.0566. The number of pyridine rings is 1. The molecule has 2 aromatic rings. The minimum atomic E-state index is -0.480. The fourth-order valence-electron chi connectivity index (χ4n) is 1.73. The van der Waals surface area contributed by atoms with Crippen molar-refractivity contribution < 1.29 is 4.79 Å². The third-order valence-corrected chi connectivity index (χ3v) is 2.71. The van der Waals surface area contributed by atoms with Crippen LogP contribution in [0.1, 0.15) is 23.3 Å². The monoisotopic (exact) mass is 227 g/mol. The van der Waals surface area contributed by atoms with Gasteiger partial charge in [-0.2, -0.15) is 0 Å². The minimum absolute atomic E-state index is 0.0566. The Morgan fingerprint density at radius 1 is 1.06 bits per heavy atom. The first-order chi connectivity index (χ1) is 8.20. The van der Waals surface area contributed by atoms with Crippen molar-refractivity contribution in [2.45, 2.75) is 13.0 Å². The van der Waals surface area contributed by atoms with Gasteiger partial charge in [0.1, 0.15) is 0 Å². The van der Waals surface area contributed by atoms with Crippen LogP contribution in [0, 0.1) is 0 Å². The van der Waals surface area contributed by atoms with Gasteiger partial charge in [-0.25, -0.2) is 0 Å². The second-order valence-corrected chi connectivity index (χ2v) is 3.85. The smallest absolute Gasteiger partial charge is 0.251 e. The number of ketones is 1. The number of aromatic nitrogens is 1. The van der Waals surface area contributed by atoms with Crippen LogP contribution in [0.15, 0.2) is 59.5 Å². The van der Waals surface area contributed by atoms with Gasteiger partial charge in [-0.1, -0.05) is 36.4 Å². The van der Waals surface area contributed by atoms with E-state index in [1.54, 1.807) is 37.4 Å². The molecular weight excluding hydrogens is 214 g/mol. The molecule has 0 spiro atoms. The fourth-order valence-corrected chi connectivity index (χ4v) is 1.73. The van der Waals surface area contributed by atoms with E-state index in [1.165, 1.54) is 10.6 Å². The second kappa shape index (κ2) is 4.78. The van der Waals surface area contributed by atoms with E-state index in [0.717, 1.165) is 0 Å². The molecule has 0 saturated heterocycles. The van der Waals surface area contributed by atoms with Gasteiger partial charge < -0.3 is 4.57 Å². The van der Waals surface area contributed by atoms with Crippen LogP contribution in [0.5, 0.6) is 0 Å². The van der Waals surface area contributed by atoms with Gasteiger partial charge in [0, 0.05) is 17.8 Å². The van der Waals surface area contributed by atoms with E-state index in [1.807, 2.05) is 18.2 Å². The number of rotatable bonds is 3. The molecule has 1 aromatic heterocycles. The van der Waals surface area contributed by atoms with Gasteiger partial charge in [0.2, 0.25) is 0 Å². The number of hydrogen-bond donors (Lipinski definition) is 0. The Morgan fingerprint density at radius 2 is 1.71 bits per heavy atom. The Bertz CT molecular complexity index is 572. The van der Waals surface area contributed by atoms with Gasteiger partial charge >= 0.3 is 0 Å². The molecule has 0 aliphatic carbocycles. The summed E-state index contributed by atoms with van der Waals surface area (Å²) in [4.78, 5) is 23.7. The summed E-state index contributed by atoms with van der Waals surface area (Å²) in [5, 5.41) is 0. The van der Waals surface area contributed by atoms with Crippen LogP contribution < -0.4 is 5.56 Å². The van der Waals surface area contributed by atoms with Crippen LogP contribution in [0.4, 0.5) is 0 Å². The number of benzene rings is 1. The Labute approximate surface area is 99.3 Å². The average Bonchev–Trinajstić information content (AvgIpc) is 2.39. The van der Waals surface area contributed by atoms with Crippen LogP contribution in [0.3, 0.4) is 0 Å². The first-order valence-electron chi connectivity index (χ1n) is 5.46. The predicted octanol–water partition coefficient (Wildman–Crippen LogP) is 2.29. The summed E-state index contributed by atoms with van der Waals surface area (Å²) >= 11 is 0. The molecule has 1 aromatic carbocycles. The van der Waals surface area contributed by atoms with Gasteiger partial charge in [-0.3, -0.25) is 9.59 Å². The van der Waals surface area contributed by atoms with Gasteiger partial charge in [0.15, 0.2) is 5.78 Å². The zero-order valence-electron chi connectivity index (χ0n) is 9.54. The fraction of sp³-hybridized carbons (Fsp3) is 0.143. The maximum absolute atomic E-state index is 12.1. The lowest BCUT2D eigenvalue weighted by Gasteiger charge is -2.13. The summed E-state index contributed by atoms with van der Waals surface area (Å²) in [7, 11) is 0. The lowest BCUT2D eigenvalue weighted by atomic mass is 10.1. The Balaban J connectivity index is 2.34. The Morgan fingerprint density at radius 3 is 2.35 bits per heavy atom. The predicted molar refractivity (Wildman–Crippen MR) is 66.2 cm³/mol. The Hall–Kier alpha value is -2.16. The molecule has 3 nitrogen and oxygen atoms in total. The SMILES string of the molecule is CC(C(=O)c1ccccc1)n1ccccc1=O. The van der Waals surface area contributed by atoms with E-state index >= 15 is 0 Å². The van der Waals surface area contributed by atoms with Crippen molar-refractivity contribution in [3.05, 3.63) is 70.6 Å². The number of carbonyl (C=O) groups is 1. The molecule has 0 N–H and O–H groups in total. The maximum Gasteiger partial charge on any atom is 0.251 e. The van der Waals surface area contributed by atoms with Crippen molar-refractivity contribution in [1.82, 2.24) is 4.57 Å². The second-order valence-electron chi connectivity index (χ2n) is 3.85. The molecule has 0 aliphatic rings. The molecule has 0 saturated carbocycles. The van der Waals surface area contributed by atoms with E-state index in [0.29, 0.717) is 5.56 Å². The highest BCUT2D eigenvalue weighted by molar-refractivity contribution is 5.98. The normalized spacial score (nSPS) is 12.1. The molecule has 0 amide bonds. The standard InChI is InChI=1S/C14H13NO2/c1-11(15-10-6-5-9-13(15)16)14(17)12-7-3-2-4-8-12/h2-11H,1H3. The molecule has 0 radical (unpaired) electrons. The van der Waals surface area contributed by atoms with Crippen LogP contribution in [0.25, 0.3) is 0 Å². The van der Waals surface area contributed by atoms with Gasteiger partial charge in [0.05, 0.1) is 6.04 Å². The van der Waals surface area contributed by atoms with E-state index in [2.05, 4.69) is 0 Å². The Kier molecular flexibility index (Phi) is 3.19. The van der Waals surface area contributed by atoms with E-state index in [9.17, 15) is 9.59 Å². The minimum Gasteiger partial charge on any atom is -0.305 e. The van der Waals surface area contributed by atoms with Gasteiger partial charge in [-0.15, -0.1) is 0 Å². The topological polar surface area (TPSA) is 39.1 Å². The summed E-state index contributed by atoms with van der Waals surface area (Å²) in [6.07, 6.45) is 1.63. The first-order valence-corrected chi connectivity index (χ1v) is 5.46. The average molecular weight is 227 g/mol. The van der Waals surface area contributed by atoms with Crippen LogP contribution in [0.2, 0.25) is 0 Å². The van der Waals surface area contributed by atoms with Crippen LogP contribution >= 0.6 is 0 Å². The molecule has 3 heteroatoms. The maximum atomic E-state index is 12.1. The van der Waals surface area contributed by atoms with Crippen molar-refractivity contribution in [3.63, 3.8) is 0 Å². The molecule has 86 valence electrons. The largest absolute Gasteiger partial charge is 0.305 e. The third kappa shape index (κ3) is 2.33. The number of hydrogen-bond acceptors (Lipinski definition) is 2. The van der Waals surface area contributed by atoms with Crippen molar-refractivity contribution in [2.24, 2.45) is 0 Å².